The van der Waals surface area contributed by atoms with E-state index >= 15 is 0 Å². The molecular formula is C38H27NO8. The lowest BCUT2D eigenvalue weighted by molar-refractivity contribution is -0.231. The smallest absolute Gasteiger partial charge is 0.297 e. The SMILES string of the molecule is CC#CC#CC#CC#CC#CC#CC#CC#CC#CC#CC#CC#CC(=O)N[C@@H](CC[C@H]1OC(CO)[C@H](O)[C@H](O)C1O)[C@H](O)[C@@H](C)O. The maximum absolute atomic E-state index is 12.3. The summed E-state index contributed by atoms with van der Waals surface area (Å²) in [6.45, 7) is 2.40. The number of carbonyl (C=O) groups is 1. The number of hydrogen-bond donors (Lipinski definition) is 7. The Bertz CT molecular complexity index is 1910. The second-order valence-electron chi connectivity index (χ2n) is 8.88. The molecule has 1 heterocycles. The highest BCUT2D eigenvalue weighted by molar-refractivity contribution is 5.94. The van der Waals surface area contributed by atoms with Crippen molar-refractivity contribution in [1.29, 1.82) is 0 Å². The van der Waals surface area contributed by atoms with Gasteiger partial charge in [-0.3, -0.25) is 4.79 Å². The van der Waals surface area contributed by atoms with Crippen LogP contribution in [0, 0.1) is 142 Å². The van der Waals surface area contributed by atoms with Crippen molar-refractivity contribution in [2.45, 2.75) is 75.5 Å². The summed E-state index contributed by atoms with van der Waals surface area (Å²) >= 11 is 0. The zero-order valence-corrected chi connectivity index (χ0v) is 25.2. The number of hydrogen-bond acceptors (Lipinski definition) is 8. The van der Waals surface area contributed by atoms with Crippen molar-refractivity contribution >= 4 is 5.91 Å². The minimum atomic E-state index is -1.56. The van der Waals surface area contributed by atoms with Crippen LogP contribution in [0.25, 0.3) is 0 Å². The van der Waals surface area contributed by atoms with E-state index in [1.807, 2.05) is 0 Å². The fourth-order valence-electron chi connectivity index (χ4n) is 3.41. The highest BCUT2D eigenvalue weighted by Gasteiger charge is 2.43. The van der Waals surface area contributed by atoms with Gasteiger partial charge < -0.3 is 40.7 Å². The van der Waals surface area contributed by atoms with Gasteiger partial charge >= 0.3 is 0 Å². The predicted molar refractivity (Wildman–Crippen MR) is 172 cm³/mol. The Hall–Kier alpha value is -6.09. The number of aliphatic hydroxyl groups is 6. The van der Waals surface area contributed by atoms with Gasteiger partial charge in [-0.15, -0.1) is 0 Å². The van der Waals surface area contributed by atoms with Gasteiger partial charge in [-0.2, -0.15) is 0 Å². The summed E-state index contributed by atoms with van der Waals surface area (Å²) in [7, 11) is 0. The molecule has 232 valence electrons. The van der Waals surface area contributed by atoms with Crippen LogP contribution in [0.3, 0.4) is 0 Å². The average Bonchev–Trinajstić information content (AvgIpc) is 3.06. The number of aliphatic hydroxyl groups excluding tert-OH is 6. The van der Waals surface area contributed by atoms with E-state index in [0.717, 1.165) is 0 Å². The van der Waals surface area contributed by atoms with Gasteiger partial charge in [-0.05, 0) is 121 Å². The summed E-state index contributed by atoms with van der Waals surface area (Å²) in [6, 6.07) is -1.01. The molecule has 1 aliphatic rings. The molecule has 0 aliphatic carbocycles. The summed E-state index contributed by atoms with van der Waals surface area (Å²) in [5, 5.41) is 62.0. The van der Waals surface area contributed by atoms with Crippen LogP contribution in [0.5, 0.6) is 0 Å². The van der Waals surface area contributed by atoms with Crippen molar-refractivity contribution in [2.24, 2.45) is 0 Å². The first-order valence-corrected chi connectivity index (χ1v) is 13.6. The molecule has 2 unspecified atom stereocenters. The molecule has 8 atom stereocenters. The molecule has 0 radical (unpaired) electrons. The molecule has 1 fully saturated rings. The van der Waals surface area contributed by atoms with E-state index in [1.54, 1.807) is 6.92 Å². The summed E-state index contributed by atoms with van der Waals surface area (Å²) in [6.07, 6.45) is -9.28. The highest BCUT2D eigenvalue weighted by atomic mass is 16.5. The minimum Gasteiger partial charge on any atom is -0.394 e. The second-order valence-corrected chi connectivity index (χ2v) is 8.88. The van der Waals surface area contributed by atoms with Gasteiger partial charge in [0, 0.05) is 41.4 Å². The second kappa shape index (κ2) is 24.3. The summed E-state index contributed by atoms with van der Waals surface area (Å²) in [5.74, 6) is 58.0. The Morgan fingerprint density at radius 3 is 1.40 bits per heavy atom. The van der Waals surface area contributed by atoms with Crippen LogP contribution in [0.2, 0.25) is 0 Å². The van der Waals surface area contributed by atoms with Crippen LogP contribution >= 0.6 is 0 Å². The number of carbonyl (C=O) groups excluding carboxylic acids is 1. The summed E-state index contributed by atoms with van der Waals surface area (Å²) in [4.78, 5) is 12.3. The van der Waals surface area contributed by atoms with Crippen molar-refractivity contribution in [2.75, 3.05) is 6.61 Å². The van der Waals surface area contributed by atoms with Crippen molar-refractivity contribution in [3.05, 3.63) is 0 Å². The molecular weight excluding hydrogens is 598 g/mol. The molecule has 1 saturated heterocycles. The third kappa shape index (κ3) is 17.1. The highest BCUT2D eigenvalue weighted by Crippen LogP contribution is 2.25. The lowest BCUT2D eigenvalue weighted by Crippen LogP contribution is -2.58. The van der Waals surface area contributed by atoms with E-state index < -0.39 is 61.3 Å². The van der Waals surface area contributed by atoms with Gasteiger partial charge in [0.1, 0.15) is 24.4 Å². The standard InChI is InChI=1S/C38H27NO8/c1-3-4-5-6-7-8-9-10-11-12-13-14-15-16-17-18-19-20-21-22-23-24-25-26-34(42)39-31(35(43)30(2)41)27-28-32-36(44)38(46)37(45)33(29-40)47-32/h30-33,35-38,40-41,43-46H,27-29H2,1-2H3,(H,39,42)/t30-,31+,32-,33?,35-,36?,37+,38-/m1/s1. The molecule has 1 amide bonds. The van der Waals surface area contributed by atoms with E-state index in [9.17, 15) is 35.4 Å². The van der Waals surface area contributed by atoms with Crippen molar-refractivity contribution in [3.63, 3.8) is 0 Å². The first-order valence-electron chi connectivity index (χ1n) is 13.6. The van der Waals surface area contributed by atoms with Gasteiger partial charge in [0.15, 0.2) is 0 Å². The molecule has 0 saturated carbocycles. The molecule has 0 aromatic carbocycles. The average molecular weight is 626 g/mol. The maximum Gasteiger partial charge on any atom is 0.297 e. The third-order valence-electron chi connectivity index (χ3n) is 5.59. The Balaban J connectivity index is 2.62. The van der Waals surface area contributed by atoms with Crippen LogP contribution < -0.4 is 5.32 Å². The largest absolute Gasteiger partial charge is 0.394 e. The van der Waals surface area contributed by atoms with Gasteiger partial charge in [0.25, 0.3) is 5.91 Å². The number of nitrogens with one attached hydrogen (secondary N) is 1. The van der Waals surface area contributed by atoms with Crippen molar-refractivity contribution < 1.29 is 40.2 Å². The van der Waals surface area contributed by atoms with E-state index in [-0.39, 0.29) is 12.8 Å². The Labute approximate surface area is 275 Å². The first-order chi connectivity index (χ1) is 22.7. The van der Waals surface area contributed by atoms with Crippen molar-refractivity contribution in [3.8, 4) is 142 Å². The van der Waals surface area contributed by atoms with E-state index in [0.29, 0.717) is 0 Å². The molecule has 0 aromatic heterocycles. The number of ether oxygens (including phenoxy) is 1. The molecule has 1 aliphatic heterocycles. The first kappa shape index (κ1) is 38.9. The molecule has 0 bridgehead atoms. The van der Waals surface area contributed by atoms with Gasteiger partial charge in [0.2, 0.25) is 0 Å². The summed E-state index contributed by atoms with van der Waals surface area (Å²) < 4.78 is 5.44. The normalized spacial score (nSPS) is 19.4. The molecule has 1 rings (SSSR count). The van der Waals surface area contributed by atoms with Crippen LogP contribution in [-0.2, 0) is 9.53 Å². The molecule has 9 nitrogen and oxygen atoms in total. The fourth-order valence-corrected chi connectivity index (χ4v) is 3.41. The predicted octanol–water partition coefficient (Wildman–Crippen LogP) is -3.10. The maximum atomic E-state index is 12.3. The zero-order chi connectivity index (χ0) is 34.7. The Morgan fingerprint density at radius 2 is 1.02 bits per heavy atom. The molecule has 47 heavy (non-hydrogen) atoms. The molecule has 0 spiro atoms. The van der Waals surface area contributed by atoms with Gasteiger partial charge in [-0.25, -0.2) is 0 Å². The topological polar surface area (TPSA) is 160 Å². The number of amides is 1. The monoisotopic (exact) mass is 625 g/mol. The zero-order valence-electron chi connectivity index (χ0n) is 25.2. The van der Waals surface area contributed by atoms with E-state index in [1.165, 1.54) is 6.92 Å². The quantitative estimate of drug-likeness (QED) is 0.147. The Kier molecular flexibility index (Phi) is 20.1. The van der Waals surface area contributed by atoms with Crippen molar-refractivity contribution in [1.82, 2.24) is 5.32 Å². The number of rotatable bonds is 7. The lowest BCUT2D eigenvalue weighted by atomic mass is 9.90. The van der Waals surface area contributed by atoms with Crippen LogP contribution in [-0.4, -0.2) is 91.9 Å². The van der Waals surface area contributed by atoms with Gasteiger partial charge in [0.05, 0.1) is 31.0 Å². The molecule has 0 aromatic rings. The van der Waals surface area contributed by atoms with Crippen LogP contribution in [0.15, 0.2) is 0 Å². The van der Waals surface area contributed by atoms with E-state index in [2.05, 4.69) is 147 Å². The fraction of sp³-hybridized carbons (Fsp3) is 0.342. The van der Waals surface area contributed by atoms with Gasteiger partial charge in [-0.1, -0.05) is 5.92 Å². The van der Waals surface area contributed by atoms with Crippen LogP contribution in [0.1, 0.15) is 26.7 Å². The third-order valence-corrected chi connectivity index (χ3v) is 5.59. The molecule has 9 heteroatoms. The lowest BCUT2D eigenvalue weighted by Gasteiger charge is -2.40. The van der Waals surface area contributed by atoms with Crippen LogP contribution in [0.4, 0.5) is 0 Å². The minimum absolute atomic E-state index is 0.000998. The molecule has 7 N–H and O–H groups in total. The summed E-state index contributed by atoms with van der Waals surface area (Å²) in [5.41, 5.74) is 0. The van der Waals surface area contributed by atoms with E-state index in [4.69, 9.17) is 4.74 Å². The Morgan fingerprint density at radius 1 is 0.638 bits per heavy atom.